The zero-order chi connectivity index (χ0) is 19.5. The van der Waals surface area contributed by atoms with E-state index in [1.54, 1.807) is 13.3 Å². The summed E-state index contributed by atoms with van der Waals surface area (Å²) in [6.45, 7) is 3.21. The van der Waals surface area contributed by atoms with Gasteiger partial charge in [0.25, 0.3) is 5.91 Å². The first-order valence-corrected chi connectivity index (χ1v) is 9.37. The Morgan fingerprint density at radius 1 is 1.11 bits per heavy atom. The molecular weight excluding hydrogens is 350 g/mol. The Morgan fingerprint density at radius 2 is 1.86 bits per heavy atom. The zero-order valence-electron chi connectivity index (χ0n) is 16.1. The molecule has 0 radical (unpaired) electrons. The van der Waals surface area contributed by atoms with Crippen molar-refractivity contribution in [1.82, 2.24) is 9.88 Å². The number of nitrogens with zero attached hydrogens (tertiary/aromatic N) is 2. The molecule has 0 bridgehead atoms. The maximum absolute atomic E-state index is 12.9. The average molecular weight is 373 g/mol. The summed E-state index contributed by atoms with van der Waals surface area (Å²) in [5, 5.41) is 3.47. The van der Waals surface area contributed by atoms with Gasteiger partial charge in [0, 0.05) is 29.9 Å². The van der Waals surface area contributed by atoms with Crippen molar-refractivity contribution in [3.63, 3.8) is 0 Å². The summed E-state index contributed by atoms with van der Waals surface area (Å²) in [4.78, 5) is 19.2. The second-order valence-corrected chi connectivity index (χ2v) is 6.97. The number of hydrogen-bond donors (Lipinski definition) is 1. The second-order valence-electron chi connectivity index (χ2n) is 6.97. The fourth-order valence-corrected chi connectivity index (χ4v) is 3.52. The Hall–Kier alpha value is -3.34. The van der Waals surface area contributed by atoms with Crippen molar-refractivity contribution in [2.75, 3.05) is 12.4 Å². The van der Waals surface area contributed by atoms with Gasteiger partial charge in [0.2, 0.25) is 0 Å². The number of ether oxygens (including phenoxy) is 1. The van der Waals surface area contributed by atoms with Crippen LogP contribution in [0.25, 0.3) is 0 Å². The van der Waals surface area contributed by atoms with Gasteiger partial charge in [-0.2, -0.15) is 0 Å². The van der Waals surface area contributed by atoms with Crippen LogP contribution in [0.4, 0.5) is 5.82 Å². The van der Waals surface area contributed by atoms with Gasteiger partial charge in [0.05, 0.1) is 13.7 Å². The van der Waals surface area contributed by atoms with E-state index in [2.05, 4.69) is 29.4 Å². The number of anilines is 1. The molecule has 2 aromatic carbocycles. The maximum atomic E-state index is 12.9. The highest BCUT2D eigenvalue weighted by atomic mass is 16.5. The predicted octanol–water partition coefficient (Wildman–Crippen LogP) is 4.42. The van der Waals surface area contributed by atoms with E-state index in [9.17, 15) is 4.79 Å². The smallest absolute Gasteiger partial charge is 0.255 e. The summed E-state index contributed by atoms with van der Waals surface area (Å²) < 4.78 is 5.20. The summed E-state index contributed by atoms with van der Waals surface area (Å²) in [6.07, 6.45) is 1.70. The van der Waals surface area contributed by atoms with Gasteiger partial charge >= 0.3 is 0 Å². The number of fused-ring (bicyclic) bond motifs is 1. The first kappa shape index (κ1) is 18.0. The highest BCUT2D eigenvalue weighted by molar-refractivity contribution is 5.99. The largest absolute Gasteiger partial charge is 0.497 e. The molecular formula is C23H23N3O2. The number of benzene rings is 2. The van der Waals surface area contributed by atoms with Gasteiger partial charge in [0.1, 0.15) is 11.6 Å². The molecule has 1 atom stereocenters. The van der Waals surface area contributed by atoms with E-state index in [4.69, 9.17) is 4.74 Å². The number of hydrogen-bond acceptors (Lipinski definition) is 4. The molecule has 5 heteroatoms. The van der Waals surface area contributed by atoms with Crippen LogP contribution in [0.2, 0.25) is 0 Å². The fourth-order valence-electron chi connectivity index (χ4n) is 3.52. The van der Waals surface area contributed by atoms with Gasteiger partial charge in [-0.15, -0.1) is 0 Å². The van der Waals surface area contributed by atoms with E-state index in [1.165, 1.54) is 5.56 Å². The Bertz CT molecular complexity index is 971. The normalized spacial score (nSPS) is 13.9. The molecule has 1 aliphatic rings. The van der Waals surface area contributed by atoms with Crippen LogP contribution in [0.15, 0.2) is 66.9 Å². The van der Waals surface area contributed by atoms with Crippen molar-refractivity contribution in [1.29, 1.82) is 0 Å². The van der Waals surface area contributed by atoms with Gasteiger partial charge < -0.3 is 15.0 Å². The number of nitrogens with one attached hydrogen (secondary N) is 1. The summed E-state index contributed by atoms with van der Waals surface area (Å²) in [5.74, 6) is 1.63. The summed E-state index contributed by atoms with van der Waals surface area (Å²) in [7, 11) is 1.65. The van der Waals surface area contributed by atoms with Crippen LogP contribution in [0.3, 0.4) is 0 Å². The SMILES string of the molecule is COc1ccc(CN2Cc3c(ccnc3NC(C)c3ccccc3)C2=O)cc1. The molecule has 3 aromatic rings. The number of methoxy groups -OCH3 is 1. The first-order chi connectivity index (χ1) is 13.7. The fraction of sp³-hybridized carbons (Fsp3) is 0.217. The molecule has 5 nitrogen and oxygen atoms in total. The predicted molar refractivity (Wildman–Crippen MR) is 109 cm³/mol. The first-order valence-electron chi connectivity index (χ1n) is 9.37. The molecule has 0 aliphatic carbocycles. The molecule has 1 N–H and O–H groups in total. The van der Waals surface area contributed by atoms with Crippen molar-refractivity contribution in [3.8, 4) is 5.75 Å². The lowest BCUT2D eigenvalue weighted by atomic mass is 10.1. The highest BCUT2D eigenvalue weighted by Crippen LogP contribution is 2.31. The van der Waals surface area contributed by atoms with Gasteiger partial charge in [-0.05, 0) is 36.2 Å². The van der Waals surface area contributed by atoms with Gasteiger partial charge in [-0.25, -0.2) is 4.98 Å². The second kappa shape index (κ2) is 7.72. The molecule has 4 rings (SSSR count). The van der Waals surface area contributed by atoms with E-state index in [0.717, 1.165) is 28.3 Å². The lowest BCUT2D eigenvalue weighted by molar-refractivity contribution is 0.0767. The molecule has 1 unspecified atom stereocenters. The standard InChI is InChI=1S/C23H23N3O2/c1-16(18-6-4-3-5-7-18)25-22-21-15-26(23(27)20(21)12-13-24-22)14-17-8-10-19(28-2)11-9-17/h3-13,16H,14-15H2,1-2H3,(H,24,25). The number of carbonyl (C=O) groups is 1. The number of carbonyl (C=O) groups excluding carboxylic acids is 1. The minimum atomic E-state index is 0.0450. The number of pyridine rings is 1. The molecule has 1 aromatic heterocycles. The Labute approximate surface area is 165 Å². The highest BCUT2D eigenvalue weighted by Gasteiger charge is 2.30. The third kappa shape index (κ3) is 3.56. The van der Waals surface area contributed by atoms with Crippen LogP contribution in [0, 0.1) is 0 Å². The van der Waals surface area contributed by atoms with Crippen LogP contribution < -0.4 is 10.1 Å². The molecule has 0 fully saturated rings. The van der Waals surface area contributed by atoms with Crippen LogP contribution >= 0.6 is 0 Å². The van der Waals surface area contributed by atoms with E-state index >= 15 is 0 Å². The summed E-state index contributed by atoms with van der Waals surface area (Å²) in [5.41, 5.74) is 3.94. The summed E-state index contributed by atoms with van der Waals surface area (Å²) >= 11 is 0. The molecule has 28 heavy (non-hydrogen) atoms. The van der Waals surface area contributed by atoms with Crippen molar-refractivity contribution in [3.05, 3.63) is 89.1 Å². The van der Waals surface area contributed by atoms with Crippen LogP contribution in [0.1, 0.15) is 40.0 Å². The molecule has 0 saturated heterocycles. The van der Waals surface area contributed by atoms with Gasteiger partial charge in [-0.1, -0.05) is 42.5 Å². The minimum Gasteiger partial charge on any atom is -0.497 e. The third-order valence-electron chi connectivity index (χ3n) is 5.11. The Kier molecular flexibility index (Phi) is 4.98. The average Bonchev–Trinajstić information content (AvgIpc) is 3.06. The molecule has 2 heterocycles. The molecule has 142 valence electrons. The van der Waals surface area contributed by atoms with E-state index in [1.807, 2.05) is 53.4 Å². The lowest BCUT2D eigenvalue weighted by Gasteiger charge is -2.18. The third-order valence-corrected chi connectivity index (χ3v) is 5.11. The van der Waals surface area contributed by atoms with Crippen molar-refractivity contribution in [2.24, 2.45) is 0 Å². The Morgan fingerprint density at radius 3 is 2.57 bits per heavy atom. The van der Waals surface area contributed by atoms with Crippen LogP contribution in [-0.2, 0) is 13.1 Å². The van der Waals surface area contributed by atoms with E-state index in [0.29, 0.717) is 13.1 Å². The van der Waals surface area contributed by atoms with Crippen molar-refractivity contribution in [2.45, 2.75) is 26.1 Å². The molecule has 0 saturated carbocycles. The maximum Gasteiger partial charge on any atom is 0.255 e. The topological polar surface area (TPSA) is 54.5 Å². The number of amides is 1. The van der Waals surface area contributed by atoms with E-state index < -0.39 is 0 Å². The quantitative estimate of drug-likeness (QED) is 0.695. The Balaban J connectivity index is 1.52. The van der Waals surface area contributed by atoms with Gasteiger partial charge in [-0.3, -0.25) is 4.79 Å². The number of aromatic nitrogens is 1. The zero-order valence-corrected chi connectivity index (χ0v) is 16.1. The van der Waals surface area contributed by atoms with Crippen LogP contribution in [-0.4, -0.2) is 22.9 Å². The van der Waals surface area contributed by atoms with Gasteiger partial charge in [0.15, 0.2) is 0 Å². The number of rotatable bonds is 6. The lowest BCUT2D eigenvalue weighted by Crippen LogP contribution is -2.23. The molecule has 1 amide bonds. The van der Waals surface area contributed by atoms with Crippen molar-refractivity contribution >= 4 is 11.7 Å². The summed E-state index contributed by atoms with van der Waals surface area (Å²) in [6, 6.07) is 19.9. The molecule has 0 spiro atoms. The monoisotopic (exact) mass is 373 g/mol. The minimum absolute atomic E-state index is 0.0450. The van der Waals surface area contributed by atoms with Crippen LogP contribution in [0.5, 0.6) is 5.75 Å². The molecule has 1 aliphatic heterocycles. The van der Waals surface area contributed by atoms with Crippen molar-refractivity contribution < 1.29 is 9.53 Å². The van der Waals surface area contributed by atoms with E-state index in [-0.39, 0.29) is 11.9 Å².